The lowest BCUT2D eigenvalue weighted by molar-refractivity contribution is -0.0440. The fraction of sp³-hybridized carbons (Fsp3) is 0.524. The maximum atomic E-state index is 6.03. The van der Waals surface area contributed by atoms with Gasteiger partial charge in [-0.05, 0) is 24.2 Å². The van der Waals surface area contributed by atoms with Gasteiger partial charge < -0.3 is 18.9 Å². The van der Waals surface area contributed by atoms with Gasteiger partial charge in [0, 0.05) is 32.6 Å². The van der Waals surface area contributed by atoms with E-state index in [-0.39, 0.29) is 6.29 Å². The molecule has 0 aliphatic carbocycles. The largest absolute Gasteiger partial charge is 0.474 e. The number of ether oxygens (including phenoxy) is 4. The van der Waals surface area contributed by atoms with Gasteiger partial charge in [-0.25, -0.2) is 4.68 Å². The van der Waals surface area contributed by atoms with Crippen LogP contribution in [0.2, 0.25) is 25.7 Å². The van der Waals surface area contributed by atoms with Gasteiger partial charge in [0.25, 0.3) is 0 Å². The summed E-state index contributed by atoms with van der Waals surface area (Å²) in [5.74, 6) is 0.589. The van der Waals surface area contributed by atoms with E-state index in [2.05, 4.69) is 29.8 Å². The number of hydrogen-bond acceptors (Lipinski definition) is 6. The maximum Gasteiger partial charge on any atom is 0.240 e. The van der Waals surface area contributed by atoms with Gasteiger partial charge in [-0.1, -0.05) is 25.7 Å². The van der Waals surface area contributed by atoms with Gasteiger partial charge in [-0.15, -0.1) is 5.10 Å². The summed E-state index contributed by atoms with van der Waals surface area (Å²) in [6.07, 6.45) is 3.34. The Morgan fingerprint density at radius 3 is 2.73 bits per heavy atom. The topological polar surface area (TPSA) is 72.6 Å². The van der Waals surface area contributed by atoms with Gasteiger partial charge in [0.05, 0.1) is 30.7 Å². The second-order valence-corrected chi connectivity index (χ2v) is 14.2. The summed E-state index contributed by atoms with van der Waals surface area (Å²) in [5, 5.41) is 9.82. The molecule has 162 valence electrons. The van der Waals surface area contributed by atoms with Crippen molar-refractivity contribution in [2.45, 2.75) is 45.3 Å². The molecule has 8 nitrogen and oxygen atoms in total. The summed E-state index contributed by atoms with van der Waals surface area (Å²) < 4.78 is 27.0. The van der Waals surface area contributed by atoms with Crippen LogP contribution in [0.15, 0.2) is 36.7 Å². The molecule has 4 rings (SSSR count). The predicted octanol–water partition coefficient (Wildman–Crippen LogP) is 3.67. The predicted molar refractivity (Wildman–Crippen MR) is 116 cm³/mol. The van der Waals surface area contributed by atoms with Crippen molar-refractivity contribution in [3.05, 3.63) is 42.2 Å². The van der Waals surface area contributed by atoms with Crippen molar-refractivity contribution in [3.63, 3.8) is 0 Å². The fourth-order valence-corrected chi connectivity index (χ4v) is 4.02. The Balaban J connectivity index is 1.51. The molecule has 0 spiro atoms. The van der Waals surface area contributed by atoms with E-state index in [1.54, 1.807) is 6.20 Å². The Bertz CT molecular complexity index is 946. The van der Waals surface area contributed by atoms with E-state index in [0.717, 1.165) is 29.1 Å². The van der Waals surface area contributed by atoms with Gasteiger partial charge in [0.1, 0.15) is 13.3 Å². The Morgan fingerprint density at radius 2 is 2.00 bits per heavy atom. The normalized spacial score (nSPS) is 15.3. The molecule has 1 saturated heterocycles. The minimum atomic E-state index is -1.13. The molecule has 3 heterocycles. The van der Waals surface area contributed by atoms with Crippen LogP contribution in [0.5, 0.6) is 5.88 Å². The summed E-state index contributed by atoms with van der Waals surface area (Å²) in [7, 11) is -1.13. The lowest BCUT2D eigenvalue weighted by Gasteiger charge is -2.15. The molecule has 2 aromatic heterocycles. The molecular weight excluding hydrogens is 400 g/mol. The molecular formula is C21H30N4O4Si. The molecule has 1 fully saturated rings. The van der Waals surface area contributed by atoms with Crippen molar-refractivity contribution in [1.82, 2.24) is 19.6 Å². The van der Waals surface area contributed by atoms with Crippen molar-refractivity contribution >= 4 is 19.0 Å². The molecule has 0 amide bonds. The lowest BCUT2D eigenvalue weighted by Crippen LogP contribution is -2.22. The van der Waals surface area contributed by atoms with Gasteiger partial charge in [0.2, 0.25) is 5.88 Å². The third kappa shape index (κ3) is 5.28. The van der Waals surface area contributed by atoms with Crippen LogP contribution in [0.3, 0.4) is 0 Å². The fourth-order valence-electron chi connectivity index (χ4n) is 3.27. The number of hydrogen-bond donors (Lipinski definition) is 0. The highest BCUT2D eigenvalue weighted by Gasteiger charge is 2.21. The molecule has 0 radical (unpaired) electrons. The molecule has 1 aliphatic heterocycles. The first-order chi connectivity index (χ1) is 14.5. The average molecular weight is 431 g/mol. The van der Waals surface area contributed by atoms with Crippen LogP contribution < -0.4 is 4.74 Å². The zero-order valence-electron chi connectivity index (χ0n) is 17.9. The number of aromatic nitrogens is 4. The molecule has 9 heteroatoms. The van der Waals surface area contributed by atoms with E-state index >= 15 is 0 Å². The summed E-state index contributed by atoms with van der Waals surface area (Å²) >= 11 is 0. The summed E-state index contributed by atoms with van der Waals surface area (Å²) in [5.41, 5.74) is 1.94. The standard InChI is InChI=1S/C21H30N4O4Si/c1-30(2,3)14-13-26-16-25-19-6-5-17(21-28-11-12-29-21)15-18(19)20(23-25)27-10-9-24-8-4-7-22-24/h4-8,15,21H,9-14,16H2,1-3H3. The molecule has 0 unspecified atom stereocenters. The Hall–Kier alpha value is -2.20. The summed E-state index contributed by atoms with van der Waals surface area (Å²) in [4.78, 5) is 0. The Morgan fingerprint density at radius 1 is 1.17 bits per heavy atom. The van der Waals surface area contributed by atoms with E-state index < -0.39 is 8.07 Å². The van der Waals surface area contributed by atoms with Gasteiger partial charge in [-0.3, -0.25) is 4.68 Å². The third-order valence-corrected chi connectivity index (χ3v) is 6.67. The highest BCUT2D eigenvalue weighted by atomic mass is 28.3. The number of rotatable bonds is 10. The minimum Gasteiger partial charge on any atom is -0.474 e. The van der Waals surface area contributed by atoms with E-state index in [1.807, 2.05) is 39.8 Å². The van der Waals surface area contributed by atoms with E-state index in [0.29, 0.717) is 39.0 Å². The van der Waals surface area contributed by atoms with Crippen LogP contribution in [0.4, 0.5) is 0 Å². The van der Waals surface area contributed by atoms with Crippen LogP contribution >= 0.6 is 0 Å². The van der Waals surface area contributed by atoms with Gasteiger partial charge >= 0.3 is 0 Å². The van der Waals surface area contributed by atoms with Crippen LogP contribution in [-0.2, 0) is 27.5 Å². The highest BCUT2D eigenvalue weighted by Crippen LogP contribution is 2.31. The smallest absolute Gasteiger partial charge is 0.240 e. The molecule has 0 saturated carbocycles. The first kappa shape index (κ1) is 21.0. The maximum absolute atomic E-state index is 6.03. The molecule has 0 N–H and O–H groups in total. The van der Waals surface area contributed by atoms with Crippen molar-refractivity contribution in [2.75, 3.05) is 26.4 Å². The second-order valence-electron chi connectivity index (χ2n) is 8.62. The Labute approximate surface area is 177 Å². The SMILES string of the molecule is C[Si](C)(C)CCOCn1nc(OCCn2cccn2)c2cc(C3OCCO3)ccc21. The van der Waals surface area contributed by atoms with Crippen LogP contribution in [0, 0.1) is 0 Å². The quantitative estimate of drug-likeness (QED) is 0.361. The van der Waals surface area contributed by atoms with Crippen LogP contribution in [0.25, 0.3) is 10.9 Å². The Kier molecular flexibility index (Phi) is 6.52. The summed E-state index contributed by atoms with van der Waals surface area (Å²) in [6.45, 7) is 10.5. The van der Waals surface area contributed by atoms with Crippen LogP contribution in [0.1, 0.15) is 11.9 Å². The zero-order valence-corrected chi connectivity index (χ0v) is 18.9. The number of nitrogens with zero attached hydrogens (tertiary/aromatic N) is 4. The van der Waals surface area contributed by atoms with E-state index in [9.17, 15) is 0 Å². The summed E-state index contributed by atoms with van der Waals surface area (Å²) in [6, 6.07) is 9.12. The zero-order chi connectivity index (χ0) is 21.0. The van der Waals surface area contributed by atoms with E-state index in [4.69, 9.17) is 18.9 Å². The number of fused-ring (bicyclic) bond motifs is 1. The molecule has 1 aliphatic rings. The van der Waals surface area contributed by atoms with Crippen molar-refractivity contribution in [1.29, 1.82) is 0 Å². The van der Waals surface area contributed by atoms with Gasteiger partial charge in [-0.2, -0.15) is 5.10 Å². The van der Waals surface area contributed by atoms with Crippen molar-refractivity contribution < 1.29 is 18.9 Å². The first-order valence-corrected chi connectivity index (χ1v) is 14.1. The monoisotopic (exact) mass is 430 g/mol. The molecule has 0 bridgehead atoms. The highest BCUT2D eigenvalue weighted by molar-refractivity contribution is 6.76. The first-order valence-electron chi connectivity index (χ1n) is 10.4. The lowest BCUT2D eigenvalue weighted by atomic mass is 10.1. The van der Waals surface area contributed by atoms with Crippen molar-refractivity contribution in [2.24, 2.45) is 0 Å². The van der Waals surface area contributed by atoms with Crippen LogP contribution in [-0.4, -0.2) is 54.1 Å². The molecule has 3 aromatic rings. The van der Waals surface area contributed by atoms with E-state index in [1.165, 1.54) is 0 Å². The molecule has 0 atom stereocenters. The average Bonchev–Trinajstić information content (AvgIpc) is 3.46. The number of benzene rings is 1. The second kappa shape index (κ2) is 9.30. The third-order valence-electron chi connectivity index (χ3n) is 4.96. The molecule has 30 heavy (non-hydrogen) atoms. The van der Waals surface area contributed by atoms with Gasteiger partial charge in [0.15, 0.2) is 6.29 Å². The molecule has 1 aromatic carbocycles. The minimum absolute atomic E-state index is 0.331. The van der Waals surface area contributed by atoms with Crippen molar-refractivity contribution in [3.8, 4) is 5.88 Å².